The highest BCUT2D eigenvalue weighted by molar-refractivity contribution is 6.18. The molecule has 16 heavy (non-hydrogen) atoms. The summed E-state index contributed by atoms with van der Waals surface area (Å²) in [6.07, 6.45) is -0.472. The van der Waals surface area contributed by atoms with Gasteiger partial charge in [0.1, 0.15) is 18.8 Å². The first-order valence-corrected chi connectivity index (χ1v) is 5.42. The van der Waals surface area contributed by atoms with E-state index in [1.807, 2.05) is 0 Å². The number of carbonyl (C=O) groups is 2. The van der Waals surface area contributed by atoms with Gasteiger partial charge in [-0.3, -0.25) is 9.59 Å². The molecule has 0 saturated carbocycles. The minimum atomic E-state index is -0.550. The first-order valence-electron chi connectivity index (χ1n) is 4.89. The van der Waals surface area contributed by atoms with Crippen LogP contribution in [0.2, 0.25) is 0 Å². The molecular weight excluding hydrogens is 236 g/mol. The topological polar surface area (TPSA) is 61.8 Å². The summed E-state index contributed by atoms with van der Waals surface area (Å²) in [7, 11) is 2.97. The van der Waals surface area contributed by atoms with Crippen molar-refractivity contribution in [3.63, 3.8) is 0 Å². The van der Waals surface area contributed by atoms with Crippen molar-refractivity contribution in [2.24, 2.45) is 0 Å². The molecule has 0 saturated heterocycles. The van der Waals surface area contributed by atoms with Crippen LogP contribution in [-0.4, -0.2) is 51.2 Å². The van der Waals surface area contributed by atoms with Crippen LogP contribution >= 0.6 is 11.6 Å². The molecule has 1 atom stereocenters. The number of ether oxygens (including phenoxy) is 3. The Morgan fingerprint density at radius 2 is 1.94 bits per heavy atom. The fourth-order valence-electron chi connectivity index (χ4n) is 0.978. The number of esters is 1. The van der Waals surface area contributed by atoms with E-state index in [0.717, 1.165) is 0 Å². The molecule has 0 fully saturated rings. The molecule has 0 aliphatic rings. The lowest BCUT2D eigenvalue weighted by Crippen LogP contribution is -2.21. The van der Waals surface area contributed by atoms with Crippen LogP contribution < -0.4 is 0 Å². The normalized spacial score (nSPS) is 12.2. The third-order valence-corrected chi connectivity index (χ3v) is 2.20. The number of alkyl halides is 1. The number of ketones is 1. The summed E-state index contributed by atoms with van der Waals surface area (Å²) in [5.74, 6) is -0.567. The smallest absolute Gasteiger partial charge is 0.313 e. The zero-order valence-electron chi connectivity index (χ0n) is 9.53. The van der Waals surface area contributed by atoms with E-state index < -0.39 is 5.97 Å². The second-order valence-corrected chi connectivity index (χ2v) is 3.45. The van der Waals surface area contributed by atoms with Crippen molar-refractivity contribution >= 4 is 23.4 Å². The number of methoxy groups -OCH3 is 2. The van der Waals surface area contributed by atoms with Gasteiger partial charge >= 0.3 is 5.97 Å². The van der Waals surface area contributed by atoms with Crippen LogP contribution in [0.4, 0.5) is 0 Å². The highest BCUT2D eigenvalue weighted by Crippen LogP contribution is 2.03. The maximum absolute atomic E-state index is 11.3. The van der Waals surface area contributed by atoms with Crippen molar-refractivity contribution in [3.8, 4) is 0 Å². The van der Waals surface area contributed by atoms with Crippen molar-refractivity contribution in [1.29, 1.82) is 0 Å². The van der Waals surface area contributed by atoms with Crippen LogP contribution in [0.25, 0.3) is 0 Å². The molecule has 5 nitrogen and oxygen atoms in total. The van der Waals surface area contributed by atoms with Crippen LogP contribution in [0.1, 0.15) is 12.8 Å². The van der Waals surface area contributed by atoms with E-state index in [4.69, 9.17) is 25.8 Å². The largest absolute Gasteiger partial charge is 0.463 e. The number of hydrogen-bond acceptors (Lipinski definition) is 5. The SMILES string of the molecule is COCCOC(=O)CC(=O)C[C@@H](CCl)OC. The van der Waals surface area contributed by atoms with Gasteiger partial charge in [-0.15, -0.1) is 11.6 Å². The summed E-state index contributed by atoms with van der Waals surface area (Å²) < 4.78 is 14.4. The molecule has 0 bridgehead atoms. The standard InChI is InChI=1S/C10H17ClO5/c1-14-3-4-16-10(13)6-8(12)5-9(7-11)15-2/h9H,3-7H2,1-2H3/t9-/m0/s1. The average molecular weight is 253 g/mol. The molecule has 6 heteroatoms. The molecule has 0 aromatic rings. The Kier molecular flexibility index (Phi) is 9.18. The predicted molar refractivity (Wildman–Crippen MR) is 58.6 cm³/mol. The summed E-state index contributed by atoms with van der Waals surface area (Å²) >= 11 is 5.54. The maximum atomic E-state index is 11.3. The second-order valence-electron chi connectivity index (χ2n) is 3.14. The Hall–Kier alpha value is -0.650. The Morgan fingerprint density at radius 3 is 2.44 bits per heavy atom. The number of Topliss-reactive ketones (excluding diaryl/α,β-unsaturated/α-hetero) is 1. The first kappa shape index (κ1) is 15.3. The molecular formula is C10H17ClO5. The molecule has 0 unspecified atom stereocenters. The van der Waals surface area contributed by atoms with Gasteiger partial charge in [0.2, 0.25) is 0 Å². The van der Waals surface area contributed by atoms with Crippen molar-refractivity contribution in [3.05, 3.63) is 0 Å². The third kappa shape index (κ3) is 7.62. The van der Waals surface area contributed by atoms with Crippen LogP contribution in [0.15, 0.2) is 0 Å². The molecule has 0 rings (SSSR count). The molecule has 0 radical (unpaired) electrons. The van der Waals surface area contributed by atoms with E-state index >= 15 is 0 Å². The van der Waals surface area contributed by atoms with Gasteiger partial charge in [0.25, 0.3) is 0 Å². The van der Waals surface area contributed by atoms with Gasteiger partial charge in [-0.2, -0.15) is 0 Å². The summed E-state index contributed by atoms with van der Waals surface area (Å²) in [6.45, 7) is 0.480. The number of halogens is 1. The highest BCUT2D eigenvalue weighted by Gasteiger charge is 2.16. The van der Waals surface area contributed by atoms with Crippen molar-refractivity contribution in [2.45, 2.75) is 18.9 Å². The van der Waals surface area contributed by atoms with Crippen LogP contribution in [-0.2, 0) is 23.8 Å². The molecule has 94 valence electrons. The van der Waals surface area contributed by atoms with E-state index in [1.54, 1.807) is 0 Å². The van der Waals surface area contributed by atoms with Crippen molar-refractivity contribution < 1.29 is 23.8 Å². The molecule has 0 heterocycles. The van der Waals surface area contributed by atoms with Gasteiger partial charge in [0.15, 0.2) is 0 Å². The van der Waals surface area contributed by atoms with Gasteiger partial charge in [-0.1, -0.05) is 0 Å². The summed E-state index contributed by atoms with van der Waals surface area (Å²) in [4.78, 5) is 22.5. The summed E-state index contributed by atoms with van der Waals surface area (Å²) in [6, 6.07) is 0. The minimum Gasteiger partial charge on any atom is -0.463 e. The number of hydrogen-bond donors (Lipinski definition) is 0. The summed E-state index contributed by atoms with van der Waals surface area (Å²) in [5, 5.41) is 0. The van der Waals surface area contributed by atoms with Gasteiger partial charge < -0.3 is 14.2 Å². The van der Waals surface area contributed by atoms with Crippen molar-refractivity contribution in [1.82, 2.24) is 0 Å². The van der Waals surface area contributed by atoms with Crippen LogP contribution in [0.3, 0.4) is 0 Å². The quantitative estimate of drug-likeness (QED) is 0.263. The Bertz CT molecular complexity index is 215. The molecule has 0 aliphatic heterocycles. The molecule has 0 N–H and O–H groups in total. The number of rotatable bonds is 9. The number of carbonyl (C=O) groups excluding carboxylic acids is 2. The monoisotopic (exact) mass is 252 g/mol. The molecule has 0 aromatic heterocycles. The van der Waals surface area contributed by atoms with E-state index in [2.05, 4.69) is 0 Å². The average Bonchev–Trinajstić information content (AvgIpc) is 2.26. The Balaban J connectivity index is 3.73. The second kappa shape index (κ2) is 9.57. The van der Waals surface area contributed by atoms with E-state index in [0.29, 0.717) is 6.61 Å². The Labute approximate surface area is 100.0 Å². The van der Waals surface area contributed by atoms with Crippen molar-refractivity contribution in [2.75, 3.05) is 33.3 Å². The third-order valence-electron chi connectivity index (χ3n) is 1.85. The lowest BCUT2D eigenvalue weighted by atomic mass is 10.1. The predicted octanol–water partition coefficient (Wildman–Crippen LogP) is 0.779. The van der Waals surface area contributed by atoms with Crippen LogP contribution in [0, 0.1) is 0 Å². The van der Waals surface area contributed by atoms with E-state index in [1.165, 1.54) is 14.2 Å². The lowest BCUT2D eigenvalue weighted by molar-refractivity contribution is -0.147. The van der Waals surface area contributed by atoms with Gasteiger partial charge in [0.05, 0.1) is 12.7 Å². The fraction of sp³-hybridized carbons (Fsp3) is 0.800. The minimum absolute atomic E-state index is 0.124. The first-order chi connectivity index (χ1) is 7.63. The summed E-state index contributed by atoms with van der Waals surface area (Å²) in [5.41, 5.74) is 0. The highest BCUT2D eigenvalue weighted by atomic mass is 35.5. The fourth-order valence-corrected chi connectivity index (χ4v) is 1.21. The van der Waals surface area contributed by atoms with E-state index in [-0.39, 0.29) is 37.2 Å². The van der Waals surface area contributed by atoms with Crippen LogP contribution in [0.5, 0.6) is 0 Å². The molecule has 0 aliphatic carbocycles. The van der Waals surface area contributed by atoms with Gasteiger partial charge in [-0.05, 0) is 0 Å². The van der Waals surface area contributed by atoms with E-state index in [9.17, 15) is 9.59 Å². The lowest BCUT2D eigenvalue weighted by Gasteiger charge is -2.10. The molecule has 0 amide bonds. The maximum Gasteiger partial charge on any atom is 0.313 e. The van der Waals surface area contributed by atoms with Gasteiger partial charge in [0, 0.05) is 26.5 Å². The zero-order valence-corrected chi connectivity index (χ0v) is 10.3. The van der Waals surface area contributed by atoms with Gasteiger partial charge in [-0.25, -0.2) is 0 Å². The Morgan fingerprint density at radius 1 is 1.25 bits per heavy atom. The molecule has 0 aromatic carbocycles. The zero-order chi connectivity index (χ0) is 12.4. The molecule has 0 spiro atoms.